The molecule has 0 fully saturated rings. The second-order valence-electron chi connectivity index (χ2n) is 4.37. The topological polar surface area (TPSA) is 51.2 Å². The van der Waals surface area contributed by atoms with Gasteiger partial charge in [-0.25, -0.2) is 4.98 Å². The van der Waals surface area contributed by atoms with Crippen LogP contribution in [0.25, 0.3) is 9.88 Å². The number of thiazole rings is 1. The van der Waals surface area contributed by atoms with Gasteiger partial charge in [0, 0.05) is 28.4 Å². The molecule has 20 heavy (non-hydrogen) atoms. The first-order chi connectivity index (χ1) is 9.58. The molecule has 7 heteroatoms. The molecule has 0 bridgehead atoms. The maximum atomic E-state index is 11.8. The van der Waals surface area contributed by atoms with Crippen molar-refractivity contribution in [3.63, 3.8) is 0 Å². The van der Waals surface area contributed by atoms with Gasteiger partial charge in [-0.15, -0.1) is 22.7 Å². The summed E-state index contributed by atoms with van der Waals surface area (Å²) in [5.41, 5.74) is 0.802. The number of halogens is 1. The summed E-state index contributed by atoms with van der Waals surface area (Å²) in [6.45, 7) is 2.42. The molecule has 1 N–H and O–H groups in total. The first-order valence-corrected chi connectivity index (χ1v) is 8.61. The van der Waals surface area contributed by atoms with Gasteiger partial charge in [-0.2, -0.15) is 0 Å². The molecule has 2 aromatic rings. The Labute approximate surface area is 134 Å². The standard InChI is InChI=1S/C13H15BrN2O2S2/c1-8(5-18-2)15-12(17)4-10-7-20-13(16-10)11-3-9(14)6-19-11/h3,6-8H,4-5H2,1-2H3,(H,15,17). The first kappa shape index (κ1) is 15.6. The normalized spacial score (nSPS) is 12.3. The van der Waals surface area contributed by atoms with Gasteiger partial charge in [0.15, 0.2) is 0 Å². The molecule has 2 aromatic heterocycles. The summed E-state index contributed by atoms with van der Waals surface area (Å²) in [5.74, 6) is -0.0289. The van der Waals surface area contributed by atoms with E-state index < -0.39 is 0 Å². The van der Waals surface area contributed by atoms with E-state index in [0.717, 1.165) is 20.1 Å². The van der Waals surface area contributed by atoms with Gasteiger partial charge in [0.2, 0.25) is 5.91 Å². The number of amides is 1. The Morgan fingerprint density at radius 3 is 2.95 bits per heavy atom. The number of rotatable bonds is 6. The van der Waals surface area contributed by atoms with E-state index in [1.54, 1.807) is 29.8 Å². The predicted molar refractivity (Wildman–Crippen MR) is 86.3 cm³/mol. The molecule has 0 saturated heterocycles. The van der Waals surface area contributed by atoms with Crippen LogP contribution in [0, 0.1) is 0 Å². The van der Waals surface area contributed by atoms with E-state index in [4.69, 9.17) is 4.74 Å². The van der Waals surface area contributed by atoms with Crippen molar-refractivity contribution in [3.8, 4) is 9.88 Å². The van der Waals surface area contributed by atoms with Crippen molar-refractivity contribution in [2.75, 3.05) is 13.7 Å². The third-order valence-electron chi connectivity index (χ3n) is 2.50. The van der Waals surface area contributed by atoms with E-state index in [9.17, 15) is 4.79 Å². The number of aromatic nitrogens is 1. The van der Waals surface area contributed by atoms with E-state index in [1.165, 1.54) is 0 Å². The van der Waals surface area contributed by atoms with Crippen molar-refractivity contribution in [2.24, 2.45) is 0 Å². The zero-order chi connectivity index (χ0) is 14.5. The summed E-state index contributed by atoms with van der Waals surface area (Å²) >= 11 is 6.63. The molecular weight excluding hydrogens is 360 g/mol. The summed E-state index contributed by atoms with van der Waals surface area (Å²) in [6.07, 6.45) is 0.303. The number of ether oxygens (including phenoxy) is 1. The number of carbonyl (C=O) groups is 1. The highest BCUT2D eigenvalue weighted by atomic mass is 79.9. The summed E-state index contributed by atoms with van der Waals surface area (Å²) in [5, 5.41) is 7.79. The molecule has 0 saturated carbocycles. The van der Waals surface area contributed by atoms with E-state index in [1.807, 2.05) is 23.8 Å². The van der Waals surface area contributed by atoms with Crippen molar-refractivity contribution in [1.29, 1.82) is 0 Å². The number of methoxy groups -OCH3 is 1. The van der Waals surface area contributed by atoms with Crippen LogP contribution in [0.2, 0.25) is 0 Å². The lowest BCUT2D eigenvalue weighted by Gasteiger charge is -2.11. The minimum Gasteiger partial charge on any atom is -0.383 e. The molecule has 0 aliphatic carbocycles. The lowest BCUT2D eigenvalue weighted by Crippen LogP contribution is -2.36. The maximum absolute atomic E-state index is 11.8. The van der Waals surface area contributed by atoms with Gasteiger partial charge >= 0.3 is 0 Å². The smallest absolute Gasteiger partial charge is 0.226 e. The molecule has 1 atom stereocenters. The summed E-state index contributed by atoms with van der Waals surface area (Å²) in [7, 11) is 1.62. The minimum atomic E-state index is -0.0289. The van der Waals surface area contributed by atoms with Gasteiger partial charge < -0.3 is 10.1 Å². The van der Waals surface area contributed by atoms with Gasteiger partial charge in [-0.05, 0) is 28.9 Å². The number of carbonyl (C=O) groups excluding carboxylic acids is 1. The quantitative estimate of drug-likeness (QED) is 0.843. The van der Waals surface area contributed by atoms with Gasteiger partial charge in [0.1, 0.15) is 5.01 Å². The van der Waals surface area contributed by atoms with Crippen LogP contribution in [0.15, 0.2) is 21.3 Å². The number of thiophene rings is 1. The summed E-state index contributed by atoms with van der Waals surface area (Å²) in [6, 6.07) is 2.05. The highest BCUT2D eigenvalue weighted by Gasteiger charge is 2.12. The van der Waals surface area contributed by atoms with E-state index >= 15 is 0 Å². The Balaban J connectivity index is 1.94. The Kier molecular flexibility index (Phi) is 5.71. The Morgan fingerprint density at radius 2 is 2.30 bits per heavy atom. The average Bonchev–Trinajstić information content (AvgIpc) is 2.98. The molecule has 1 unspecified atom stereocenters. The molecule has 1 amide bonds. The number of nitrogens with one attached hydrogen (secondary N) is 1. The van der Waals surface area contributed by atoms with Crippen LogP contribution in [-0.2, 0) is 16.0 Å². The minimum absolute atomic E-state index is 0.0128. The highest BCUT2D eigenvalue weighted by Crippen LogP contribution is 2.31. The molecule has 0 radical (unpaired) electrons. The lowest BCUT2D eigenvalue weighted by atomic mass is 10.3. The zero-order valence-corrected chi connectivity index (χ0v) is 14.4. The van der Waals surface area contributed by atoms with E-state index in [2.05, 4.69) is 26.2 Å². The van der Waals surface area contributed by atoms with Crippen molar-refractivity contribution in [3.05, 3.63) is 27.0 Å². The highest BCUT2D eigenvalue weighted by molar-refractivity contribution is 9.10. The van der Waals surface area contributed by atoms with Crippen LogP contribution in [0.3, 0.4) is 0 Å². The molecule has 0 aromatic carbocycles. The Morgan fingerprint density at radius 1 is 1.50 bits per heavy atom. The van der Waals surface area contributed by atoms with Crippen LogP contribution in [0.5, 0.6) is 0 Å². The molecule has 0 aliphatic rings. The molecular formula is C13H15BrN2O2S2. The third-order valence-corrected chi connectivity index (χ3v) is 5.25. The van der Waals surface area contributed by atoms with Gasteiger partial charge in [0.25, 0.3) is 0 Å². The van der Waals surface area contributed by atoms with Crippen molar-refractivity contribution >= 4 is 44.5 Å². The molecule has 0 spiro atoms. The van der Waals surface area contributed by atoms with Gasteiger partial charge in [0.05, 0.1) is 23.6 Å². The number of hydrogen-bond donors (Lipinski definition) is 1. The monoisotopic (exact) mass is 374 g/mol. The maximum Gasteiger partial charge on any atom is 0.226 e. The van der Waals surface area contributed by atoms with E-state index in [-0.39, 0.29) is 11.9 Å². The second-order valence-corrected chi connectivity index (χ2v) is 7.06. The van der Waals surface area contributed by atoms with Crippen LogP contribution in [-0.4, -0.2) is 30.6 Å². The molecule has 0 aliphatic heterocycles. The van der Waals surface area contributed by atoms with Gasteiger partial charge in [-0.3, -0.25) is 4.79 Å². The number of nitrogens with zero attached hydrogens (tertiary/aromatic N) is 1. The fourth-order valence-electron chi connectivity index (χ4n) is 1.71. The van der Waals surface area contributed by atoms with E-state index in [0.29, 0.717) is 13.0 Å². The van der Waals surface area contributed by atoms with Crippen molar-refractivity contribution in [2.45, 2.75) is 19.4 Å². The van der Waals surface area contributed by atoms with Crippen LogP contribution in [0.1, 0.15) is 12.6 Å². The first-order valence-electron chi connectivity index (χ1n) is 6.05. The molecule has 2 rings (SSSR count). The summed E-state index contributed by atoms with van der Waals surface area (Å²) in [4.78, 5) is 17.5. The third kappa shape index (κ3) is 4.37. The second kappa shape index (κ2) is 7.31. The van der Waals surface area contributed by atoms with Crippen LogP contribution in [0.4, 0.5) is 0 Å². The zero-order valence-electron chi connectivity index (χ0n) is 11.2. The largest absolute Gasteiger partial charge is 0.383 e. The molecule has 4 nitrogen and oxygen atoms in total. The Bertz CT molecular complexity index is 582. The molecule has 108 valence electrons. The Hall–Kier alpha value is -0.760. The predicted octanol–water partition coefficient (Wildman–Crippen LogP) is 3.33. The SMILES string of the molecule is COCC(C)NC(=O)Cc1csc(-c2cc(Br)cs2)n1. The lowest BCUT2D eigenvalue weighted by molar-refractivity contribution is -0.121. The molecule has 2 heterocycles. The number of hydrogen-bond acceptors (Lipinski definition) is 5. The average molecular weight is 375 g/mol. The fraction of sp³-hybridized carbons (Fsp3) is 0.385. The van der Waals surface area contributed by atoms with Crippen LogP contribution < -0.4 is 5.32 Å². The van der Waals surface area contributed by atoms with Crippen molar-refractivity contribution in [1.82, 2.24) is 10.3 Å². The van der Waals surface area contributed by atoms with Crippen molar-refractivity contribution < 1.29 is 9.53 Å². The summed E-state index contributed by atoms with van der Waals surface area (Å²) < 4.78 is 6.04. The van der Waals surface area contributed by atoms with Gasteiger partial charge in [-0.1, -0.05) is 0 Å². The van der Waals surface area contributed by atoms with Crippen LogP contribution >= 0.6 is 38.6 Å². The fourth-order valence-corrected chi connectivity index (χ4v) is 4.04.